The van der Waals surface area contributed by atoms with E-state index in [1.165, 1.54) is 0 Å². The summed E-state index contributed by atoms with van der Waals surface area (Å²) in [6.07, 6.45) is 1.68. The summed E-state index contributed by atoms with van der Waals surface area (Å²) in [7, 11) is 1.67. The van der Waals surface area contributed by atoms with Crippen LogP contribution in [0.15, 0.2) is 16.7 Å². The maximum absolute atomic E-state index is 12.1. The fourth-order valence-electron chi connectivity index (χ4n) is 1.62. The molecule has 1 amide bonds. The summed E-state index contributed by atoms with van der Waals surface area (Å²) in [5.41, 5.74) is 0.292. The molecule has 0 aliphatic heterocycles. The molecule has 0 unspecified atom stereocenters. The van der Waals surface area contributed by atoms with E-state index in [1.54, 1.807) is 37.7 Å². The van der Waals surface area contributed by atoms with E-state index in [0.29, 0.717) is 10.2 Å². The SMILES string of the molecule is CCOC(=O)C(NC(=O)c1cc(Br)cn1C)C(=O)OCC. The lowest BCUT2D eigenvalue weighted by Gasteiger charge is -2.16. The number of amides is 1. The van der Waals surface area contributed by atoms with Crippen LogP contribution < -0.4 is 5.32 Å². The topological polar surface area (TPSA) is 86.6 Å². The first-order valence-corrected chi connectivity index (χ1v) is 7.16. The number of aromatic nitrogens is 1. The van der Waals surface area contributed by atoms with Gasteiger partial charge in [0.1, 0.15) is 5.69 Å². The van der Waals surface area contributed by atoms with Gasteiger partial charge in [-0.25, -0.2) is 9.59 Å². The Balaban J connectivity index is 2.90. The van der Waals surface area contributed by atoms with E-state index in [2.05, 4.69) is 21.2 Å². The zero-order valence-corrected chi connectivity index (χ0v) is 13.6. The number of nitrogens with one attached hydrogen (secondary N) is 1. The Morgan fingerprint density at radius 2 is 1.76 bits per heavy atom. The summed E-state index contributed by atoms with van der Waals surface area (Å²) < 4.78 is 11.8. The lowest BCUT2D eigenvalue weighted by molar-refractivity contribution is -0.157. The van der Waals surface area contributed by atoms with Crippen molar-refractivity contribution in [3.05, 3.63) is 22.4 Å². The molecule has 0 spiro atoms. The largest absolute Gasteiger partial charge is 0.464 e. The third kappa shape index (κ3) is 4.59. The molecule has 0 bridgehead atoms. The summed E-state index contributed by atoms with van der Waals surface area (Å²) in [5, 5.41) is 2.33. The molecule has 0 aliphatic carbocycles. The second-order valence-electron chi connectivity index (χ2n) is 4.07. The molecule has 0 radical (unpaired) electrons. The first-order valence-electron chi connectivity index (χ1n) is 6.36. The number of nitrogens with zero attached hydrogens (tertiary/aromatic N) is 1. The van der Waals surface area contributed by atoms with Gasteiger partial charge in [0, 0.05) is 17.7 Å². The van der Waals surface area contributed by atoms with Gasteiger partial charge in [-0.2, -0.15) is 0 Å². The van der Waals surface area contributed by atoms with Crippen molar-refractivity contribution in [2.45, 2.75) is 19.9 Å². The van der Waals surface area contributed by atoms with Crippen LogP contribution in [-0.4, -0.2) is 41.7 Å². The molecule has 1 aromatic heterocycles. The van der Waals surface area contributed by atoms with E-state index in [1.807, 2.05) is 0 Å². The molecule has 116 valence electrons. The van der Waals surface area contributed by atoms with Crippen LogP contribution in [0, 0.1) is 0 Å². The van der Waals surface area contributed by atoms with Gasteiger partial charge in [-0.1, -0.05) is 0 Å². The summed E-state index contributed by atoms with van der Waals surface area (Å²) >= 11 is 3.24. The van der Waals surface area contributed by atoms with Crippen LogP contribution >= 0.6 is 15.9 Å². The molecule has 1 aromatic rings. The van der Waals surface area contributed by atoms with Gasteiger partial charge in [0.05, 0.1) is 13.2 Å². The number of hydrogen-bond acceptors (Lipinski definition) is 5. The Labute approximate surface area is 130 Å². The Morgan fingerprint density at radius 3 is 2.14 bits per heavy atom. The third-order valence-electron chi connectivity index (χ3n) is 2.52. The summed E-state index contributed by atoms with van der Waals surface area (Å²) in [4.78, 5) is 35.7. The van der Waals surface area contributed by atoms with E-state index in [9.17, 15) is 14.4 Å². The number of rotatable bonds is 6. The van der Waals surface area contributed by atoms with Crippen molar-refractivity contribution in [1.82, 2.24) is 9.88 Å². The second-order valence-corrected chi connectivity index (χ2v) is 4.98. The van der Waals surface area contributed by atoms with Crippen molar-refractivity contribution in [3.8, 4) is 0 Å². The summed E-state index contributed by atoms with van der Waals surface area (Å²) in [6.45, 7) is 3.41. The maximum atomic E-state index is 12.1. The van der Waals surface area contributed by atoms with E-state index in [4.69, 9.17) is 9.47 Å². The van der Waals surface area contributed by atoms with Crippen LogP contribution in [0.1, 0.15) is 24.3 Å². The minimum Gasteiger partial charge on any atom is -0.464 e. The van der Waals surface area contributed by atoms with Crippen LogP contribution in [-0.2, 0) is 26.1 Å². The molecule has 21 heavy (non-hydrogen) atoms. The number of ether oxygens (including phenoxy) is 2. The second kappa shape index (κ2) is 7.82. The Hall–Kier alpha value is -1.83. The molecule has 1 rings (SSSR count). The predicted molar refractivity (Wildman–Crippen MR) is 77.6 cm³/mol. The highest BCUT2D eigenvalue weighted by atomic mass is 79.9. The number of carbonyl (C=O) groups excluding carboxylic acids is 3. The quantitative estimate of drug-likeness (QED) is 0.604. The highest BCUT2D eigenvalue weighted by molar-refractivity contribution is 9.10. The zero-order valence-electron chi connectivity index (χ0n) is 12.0. The fraction of sp³-hybridized carbons (Fsp3) is 0.462. The molecule has 0 aromatic carbocycles. The lowest BCUT2D eigenvalue weighted by atomic mass is 10.2. The first kappa shape index (κ1) is 17.2. The van der Waals surface area contributed by atoms with Crippen LogP contribution in [0.2, 0.25) is 0 Å². The molecule has 0 fully saturated rings. The fourth-order valence-corrected chi connectivity index (χ4v) is 2.14. The standard InChI is InChI=1S/C13H17BrN2O5/c1-4-20-12(18)10(13(19)21-5-2)15-11(17)9-6-8(14)7-16(9)3/h6-7,10H,4-5H2,1-3H3,(H,15,17). The molecule has 1 N–H and O–H groups in total. The Kier molecular flexibility index (Phi) is 6.41. The smallest absolute Gasteiger partial charge is 0.340 e. The van der Waals surface area contributed by atoms with Crippen molar-refractivity contribution in [2.75, 3.05) is 13.2 Å². The van der Waals surface area contributed by atoms with Gasteiger partial charge in [-0.05, 0) is 35.8 Å². The maximum Gasteiger partial charge on any atom is 0.340 e. The Bertz CT molecular complexity index is 523. The average Bonchev–Trinajstić information content (AvgIpc) is 2.75. The monoisotopic (exact) mass is 360 g/mol. The molecule has 0 saturated heterocycles. The molecular weight excluding hydrogens is 344 g/mol. The highest BCUT2D eigenvalue weighted by Gasteiger charge is 2.32. The molecule has 8 heteroatoms. The van der Waals surface area contributed by atoms with E-state index < -0.39 is 23.9 Å². The van der Waals surface area contributed by atoms with Crippen LogP contribution in [0.5, 0.6) is 0 Å². The molecular formula is C13H17BrN2O5. The highest BCUT2D eigenvalue weighted by Crippen LogP contribution is 2.13. The van der Waals surface area contributed by atoms with Gasteiger partial charge in [-0.3, -0.25) is 4.79 Å². The molecule has 0 atom stereocenters. The van der Waals surface area contributed by atoms with Gasteiger partial charge in [0.25, 0.3) is 5.91 Å². The predicted octanol–water partition coefficient (Wildman–Crippen LogP) is 1.01. The van der Waals surface area contributed by atoms with Crippen molar-refractivity contribution in [1.29, 1.82) is 0 Å². The lowest BCUT2D eigenvalue weighted by Crippen LogP contribution is -2.48. The van der Waals surface area contributed by atoms with Crippen molar-refractivity contribution >= 4 is 33.8 Å². The van der Waals surface area contributed by atoms with Gasteiger partial charge >= 0.3 is 11.9 Å². The third-order valence-corrected chi connectivity index (χ3v) is 2.96. The number of hydrogen-bond donors (Lipinski definition) is 1. The van der Waals surface area contributed by atoms with E-state index in [-0.39, 0.29) is 13.2 Å². The zero-order chi connectivity index (χ0) is 16.0. The first-order chi connectivity index (χ1) is 9.90. The number of carbonyl (C=O) groups is 3. The van der Waals surface area contributed by atoms with Crippen molar-refractivity contribution in [2.24, 2.45) is 7.05 Å². The summed E-state index contributed by atoms with van der Waals surface area (Å²) in [6, 6.07) is 0.0916. The summed E-state index contributed by atoms with van der Waals surface area (Å²) in [5.74, 6) is -2.27. The molecule has 0 aliphatic rings. The van der Waals surface area contributed by atoms with Crippen molar-refractivity contribution < 1.29 is 23.9 Å². The number of halogens is 1. The number of esters is 2. The van der Waals surface area contributed by atoms with Crippen molar-refractivity contribution in [3.63, 3.8) is 0 Å². The van der Waals surface area contributed by atoms with Crippen LogP contribution in [0.3, 0.4) is 0 Å². The van der Waals surface area contributed by atoms with E-state index in [0.717, 1.165) is 0 Å². The van der Waals surface area contributed by atoms with Crippen LogP contribution in [0.4, 0.5) is 0 Å². The van der Waals surface area contributed by atoms with Gasteiger partial charge in [0.15, 0.2) is 0 Å². The van der Waals surface area contributed by atoms with Crippen LogP contribution in [0.25, 0.3) is 0 Å². The van der Waals surface area contributed by atoms with Gasteiger partial charge in [-0.15, -0.1) is 0 Å². The van der Waals surface area contributed by atoms with E-state index >= 15 is 0 Å². The normalized spacial score (nSPS) is 10.3. The Morgan fingerprint density at radius 1 is 1.24 bits per heavy atom. The molecule has 0 saturated carbocycles. The minimum atomic E-state index is -1.48. The molecule has 1 heterocycles. The number of aryl methyl sites for hydroxylation is 1. The molecule has 7 nitrogen and oxygen atoms in total. The average molecular weight is 361 g/mol. The minimum absolute atomic E-state index is 0.0975. The van der Waals surface area contributed by atoms with Gasteiger partial charge < -0.3 is 19.4 Å². The van der Waals surface area contributed by atoms with Gasteiger partial charge in [0.2, 0.25) is 6.04 Å².